The normalized spacial score (nSPS) is 27.1. The Bertz CT molecular complexity index is 279. The molecule has 1 rings (SSSR count). The largest absolute Gasteiger partial charge is 0.466 e. The van der Waals surface area contributed by atoms with Crippen molar-refractivity contribution < 1.29 is 23.7 Å². The molecule has 2 unspecified atom stereocenters. The van der Waals surface area contributed by atoms with Crippen LogP contribution in [0.25, 0.3) is 0 Å². The second-order valence-electron chi connectivity index (χ2n) is 4.32. The summed E-state index contributed by atoms with van der Waals surface area (Å²) in [6, 6.07) is 0. The van der Waals surface area contributed by atoms with E-state index in [1.54, 1.807) is 13.0 Å². The SMILES string of the molecule is C=CCOCC1COC(C)(CCC(=O)OCC)O1. The highest BCUT2D eigenvalue weighted by atomic mass is 16.7. The van der Waals surface area contributed by atoms with E-state index in [0.29, 0.717) is 39.3 Å². The van der Waals surface area contributed by atoms with Crippen molar-refractivity contribution in [1.82, 2.24) is 0 Å². The topological polar surface area (TPSA) is 54.0 Å². The predicted octanol–water partition coefficient (Wildman–Crippen LogP) is 1.66. The first-order valence-electron chi connectivity index (χ1n) is 6.25. The van der Waals surface area contributed by atoms with E-state index in [4.69, 9.17) is 18.9 Å². The van der Waals surface area contributed by atoms with Crippen LogP contribution in [-0.2, 0) is 23.7 Å². The molecule has 104 valence electrons. The van der Waals surface area contributed by atoms with Gasteiger partial charge in [-0.1, -0.05) is 6.08 Å². The fourth-order valence-electron chi connectivity index (χ4n) is 1.75. The fourth-order valence-corrected chi connectivity index (χ4v) is 1.75. The molecule has 0 aromatic carbocycles. The molecule has 5 nitrogen and oxygen atoms in total. The van der Waals surface area contributed by atoms with Crippen LogP contribution < -0.4 is 0 Å². The molecule has 0 spiro atoms. The molecule has 0 aromatic rings. The van der Waals surface area contributed by atoms with E-state index >= 15 is 0 Å². The van der Waals surface area contributed by atoms with Crippen molar-refractivity contribution >= 4 is 5.97 Å². The summed E-state index contributed by atoms with van der Waals surface area (Å²) < 4.78 is 21.5. The highest BCUT2D eigenvalue weighted by Gasteiger charge is 2.37. The number of carbonyl (C=O) groups is 1. The molecular weight excluding hydrogens is 236 g/mol. The van der Waals surface area contributed by atoms with Gasteiger partial charge >= 0.3 is 5.97 Å². The first-order chi connectivity index (χ1) is 8.59. The monoisotopic (exact) mass is 258 g/mol. The predicted molar refractivity (Wildman–Crippen MR) is 66.1 cm³/mol. The lowest BCUT2D eigenvalue weighted by atomic mass is 10.2. The van der Waals surface area contributed by atoms with Gasteiger partial charge < -0.3 is 18.9 Å². The third kappa shape index (κ3) is 5.16. The van der Waals surface area contributed by atoms with Gasteiger partial charge in [0.2, 0.25) is 0 Å². The molecule has 0 saturated carbocycles. The van der Waals surface area contributed by atoms with E-state index in [9.17, 15) is 4.79 Å². The molecule has 1 saturated heterocycles. The van der Waals surface area contributed by atoms with Crippen LogP contribution in [0.4, 0.5) is 0 Å². The summed E-state index contributed by atoms with van der Waals surface area (Å²) in [5.74, 6) is -0.938. The van der Waals surface area contributed by atoms with Gasteiger partial charge in [-0.05, 0) is 13.8 Å². The van der Waals surface area contributed by atoms with Gasteiger partial charge in [-0.3, -0.25) is 4.79 Å². The fraction of sp³-hybridized carbons (Fsp3) is 0.769. The summed E-state index contributed by atoms with van der Waals surface area (Å²) in [6.45, 7) is 9.04. The first-order valence-corrected chi connectivity index (χ1v) is 6.25. The maximum absolute atomic E-state index is 11.3. The molecule has 0 bridgehead atoms. The van der Waals surface area contributed by atoms with Crippen LogP contribution >= 0.6 is 0 Å². The summed E-state index contributed by atoms with van der Waals surface area (Å²) in [6.07, 6.45) is 2.39. The lowest BCUT2D eigenvalue weighted by molar-refractivity contribution is -0.171. The summed E-state index contributed by atoms with van der Waals surface area (Å²) in [5.41, 5.74) is 0. The van der Waals surface area contributed by atoms with Gasteiger partial charge in [-0.2, -0.15) is 0 Å². The Labute approximate surface area is 108 Å². The third-order valence-electron chi connectivity index (χ3n) is 2.62. The first kappa shape index (κ1) is 15.1. The van der Waals surface area contributed by atoms with Crippen LogP contribution in [0.5, 0.6) is 0 Å². The van der Waals surface area contributed by atoms with Crippen LogP contribution in [0, 0.1) is 0 Å². The number of esters is 1. The van der Waals surface area contributed by atoms with Crippen molar-refractivity contribution in [3.8, 4) is 0 Å². The zero-order valence-corrected chi connectivity index (χ0v) is 11.1. The van der Waals surface area contributed by atoms with Gasteiger partial charge in [-0.15, -0.1) is 6.58 Å². The summed E-state index contributed by atoms with van der Waals surface area (Å²) in [4.78, 5) is 11.3. The maximum Gasteiger partial charge on any atom is 0.305 e. The van der Waals surface area contributed by atoms with Crippen LogP contribution in [0.1, 0.15) is 26.7 Å². The smallest absolute Gasteiger partial charge is 0.305 e. The molecule has 18 heavy (non-hydrogen) atoms. The zero-order chi connectivity index (χ0) is 13.4. The van der Waals surface area contributed by atoms with Crippen LogP contribution in [0.3, 0.4) is 0 Å². The van der Waals surface area contributed by atoms with E-state index in [2.05, 4.69) is 6.58 Å². The molecule has 1 heterocycles. The minimum atomic E-state index is -0.713. The second-order valence-corrected chi connectivity index (χ2v) is 4.32. The molecule has 5 heteroatoms. The standard InChI is InChI=1S/C13H22O5/c1-4-8-15-9-11-10-17-13(3,18-11)7-6-12(14)16-5-2/h4,11H,1,5-10H2,2-3H3. The van der Waals surface area contributed by atoms with Gasteiger partial charge in [-0.25, -0.2) is 0 Å². The maximum atomic E-state index is 11.3. The summed E-state index contributed by atoms with van der Waals surface area (Å²) >= 11 is 0. The van der Waals surface area contributed by atoms with Gasteiger partial charge in [0.05, 0.1) is 32.8 Å². The molecule has 0 aliphatic carbocycles. The Morgan fingerprint density at radius 2 is 2.39 bits per heavy atom. The lowest BCUT2D eigenvalue weighted by Gasteiger charge is -2.22. The lowest BCUT2D eigenvalue weighted by Crippen LogP contribution is -2.29. The Hall–Kier alpha value is -0.910. The minimum Gasteiger partial charge on any atom is -0.466 e. The van der Waals surface area contributed by atoms with Crippen molar-refractivity contribution in [1.29, 1.82) is 0 Å². The van der Waals surface area contributed by atoms with Crippen LogP contribution in [-0.4, -0.2) is 44.3 Å². The second kappa shape index (κ2) is 7.51. The van der Waals surface area contributed by atoms with Crippen LogP contribution in [0.15, 0.2) is 12.7 Å². The average molecular weight is 258 g/mol. The highest BCUT2D eigenvalue weighted by Crippen LogP contribution is 2.28. The van der Waals surface area contributed by atoms with E-state index in [1.165, 1.54) is 0 Å². The third-order valence-corrected chi connectivity index (χ3v) is 2.62. The Morgan fingerprint density at radius 3 is 3.06 bits per heavy atom. The van der Waals surface area contributed by atoms with Crippen molar-refractivity contribution in [2.24, 2.45) is 0 Å². The Morgan fingerprint density at radius 1 is 1.61 bits per heavy atom. The molecule has 0 radical (unpaired) electrons. The highest BCUT2D eigenvalue weighted by molar-refractivity contribution is 5.69. The molecule has 2 atom stereocenters. The average Bonchev–Trinajstić information content (AvgIpc) is 2.70. The number of ether oxygens (including phenoxy) is 4. The number of hydrogen-bond acceptors (Lipinski definition) is 5. The number of rotatable bonds is 8. The number of hydrogen-bond donors (Lipinski definition) is 0. The number of carbonyl (C=O) groups excluding carboxylic acids is 1. The van der Waals surface area contributed by atoms with Crippen LogP contribution in [0.2, 0.25) is 0 Å². The Balaban J connectivity index is 2.25. The van der Waals surface area contributed by atoms with Gasteiger partial charge in [0.15, 0.2) is 5.79 Å². The van der Waals surface area contributed by atoms with E-state index in [0.717, 1.165) is 0 Å². The summed E-state index contributed by atoms with van der Waals surface area (Å²) in [5, 5.41) is 0. The molecular formula is C13H22O5. The molecule has 1 aliphatic rings. The molecule has 0 amide bonds. The zero-order valence-electron chi connectivity index (χ0n) is 11.1. The van der Waals surface area contributed by atoms with E-state index in [-0.39, 0.29) is 12.1 Å². The van der Waals surface area contributed by atoms with Gasteiger partial charge in [0, 0.05) is 6.42 Å². The van der Waals surface area contributed by atoms with Crippen molar-refractivity contribution in [2.45, 2.75) is 38.6 Å². The van der Waals surface area contributed by atoms with Crippen molar-refractivity contribution in [3.05, 3.63) is 12.7 Å². The molecule has 1 fully saturated rings. The summed E-state index contributed by atoms with van der Waals surface area (Å²) in [7, 11) is 0. The molecule has 0 aromatic heterocycles. The molecule has 1 aliphatic heterocycles. The van der Waals surface area contributed by atoms with E-state index in [1.807, 2.05) is 6.92 Å². The Kier molecular flexibility index (Phi) is 6.32. The van der Waals surface area contributed by atoms with Crippen molar-refractivity contribution in [2.75, 3.05) is 26.4 Å². The van der Waals surface area contributed by atoms with E-state index < -0.39 is 5.79 Å². The minimum absolute atomic E-state index is 0.0860. The van der Waals surface area contributed by atoms with Gasteiger partial charge in [0.25, 0.3) is 0 Å². The molecule has 0 N–H and O–H groups in total. The quantitative estimate of drug-likeness (QED) is 0.376. The van der Waals surface area contributed by atoms with Crippen molar-refractivity contribution in [3.63, 3.8) is 0 Å². The van der Waals surface area contributed by atoms with Gasteiger partial charge in [0.1, 0.15) is 6.10 Å².